The zero-order valence-corrected chi connectivity index (χ0v) is 13.0. The molecular formula is C11H29N3O3Si. The van der Waals surface area contributed by atoms with Crippen molar-refractivity contribution in [3.8, 4) is 0 Å². The second-order valence-corrected chi connectivity index (χ2v) is 6.45. The molecule has 4 N–H and O–H groups in total. The Morgan fingerprint density at radius 3 is 1.94 bits per heavy atom. The summed E-state index contributed by atoms with van der Waals surface area (Å²) in [5.74, 6) is 0. The van der Waals surface area contributed by atoms with Gasteiger partial charge in [-0.2, -0.15) is 0 Å². The van der Waals surface area contributed by atoms with Crippen LogP contribution in [0.4, 0.5) is 0 Å². The van der Waals surface area contributed by atoms with E-state index in [2.05, 4.69) is 10.6 Å². The number of hydrogen-bond acceptors (Lipinski definition) is 6. The Balaban J connectivity index is 3.97. The van der Waals surface area contributed by atoms with E-state index < -0.39 is 8.80 Å². The molecule has 0 aliphatic carbocycles. The van der Waals surface area contributed by atoms with Gasteiger partial charge in [0.15, 0.2) is 0 Å². The van der Waals surface area contributed by atoms with Gasteiger partial charge in [0.05, 0.1) is 0 Å². The molecule has 0 rings (SSSR count). The fraction of sp³-hybridized carbons (Fsp3) is 1.00. The normalized spacial score (nSPS) is 12.0. The predicted octanol–water partition coefficient (Wildman–Crippen LogP) is 0.478. The summed E-state index contributed by atoms with van der Waals surface area (Å²) in [6, 6.07) is 0.845. The van der Waals surface area contributed by atoms with Crippen molar-refractivity contribution >= 4 is 8.80 Å². The fourth-order valence-corrected chi connectivity index (χ4v) is 4.29. The Morgan fingerprint density at radius 2 is 1.50 bits per heavy atom. The zero-order valence-electron chi connectivity index (χ0n) is 12.0. The summed E-state index contributed by atoms with van der Waals surface area (Å²) >= 11 is 0. The van der Waals surface area contributed by atoms with Crippen LogP contribution in [-0.2, 0) is 13.3 Å². The van der Waals surface area contributed by atoms with Gasteiger partial charge in [-0.05, 0) is 33.7 Å². The van der Waals surface area contributed by atoms with Crippen LogP contribution >= 0.6 is 0 Å². The van der Waals surface area contributed by atoms with Crippen molar-refractivity contribution in [1.29, 1.82) is 0 Å². The summed E-state index contributed by atoms with van der Waals surface area (Å²) in [5, 5.41) is 6.26. The van der Waals surface area contributed by atoms with Crippen LogP contribution in [0.15, 0.2) is 0 Å². The lowest BCUT2D eigenvalue weighted by Crippen LogP contribution is -2.46. The lowest BCUT2D eigenvalue weighted by atomic mass is 10.5. The highest BCUT2D eigenvalue weighted by Gasteiger charge is 2.39. The van der Waals surface area contributed by atoms with E-state index in [4.69, 9.17) is 19.0 Å². The molecule has 6 nitrogen and oxygen atoms in total. The highest BCUT2D eigenvalue weighted by atomic mass is 28.4. The zero-order chi connectivity index (χ0) is 13.7. The van der Waals surface area contributed by atoms with Gasteiger partial charge in [0.1, 0.15) is 0 Å². The van der Waals surface area contributed by atoms with Crippen LogP contribution < -0.4 is 16.4 Å². The minimum atomic E-state index is -2.45. The van der Waals surface area contributed by atoms with Crippen LogP contribution in [0.25, 0.3) is 0 Å². The van der Waals surface area contributed by atoms with Crippen molar-refractivity contribution in [2.24, 2.45) is 5.73 Å². The van der Waals surface area contributed by atoms with Gasteiger partial charge in [-0.15, -0.1) is 0 Å². The van der Waals surface area contributed by atoms with Gasteiger partial charge in [0.25, 0.3) is 0 Å². The van der Waals surface area contributed by atoms with E-state index in [0.717, 1.165) is 25.7 Å². The molecule has 0 aliphatic rings. The van der Waals surface area contributed by atoms with Gasteiger partial charge >= 0.3 is 8.80 Å². The van der Waals surface area contributed by atoms with Crippen LogP contribution in [0.1, 0.15) is 27.2 Å². The van der Waals surface area contributed by atoms with Crippen molar-refractivity contribution < 1.29 is 13.3 Å². The van der Waals surface area contributed by atoms with Crippen molar-refractivity contribution in [2.75, 3.05) is 39.7 Å². The third kappa shape index (κ3) is 8.14. The highest BCUT2D eigenvalue weighted by Crippen LogP contribution is 2.17. The Hall–Kier alpha value is -0.0231. The molecule has 0 aromatic carbocycles. The molecule has 0 fully saturated rings. The summed E-state index contributed by atoms with van der Waals surface area (Å²) < 4.78 is 17.3. The van der Waals surface area contributed by atoms with E-state index in [1.165, 1.54) is 0 Å². The molecule has 0 amide bonds. The molecule has 0 saturated carbocycles. The maximum absolute atomic E-state index is 5.77. The number of hydrogen-bond donors (Lipinski definition) is 3. The van der Waals surface area contributed by atoms with Gasteiger partial charge in [-0.25, -0.2) is 0 Å². The van der Waals surface area contributed by atoms with E-state index >= 15 is 0 Å². The first-order valence-electron chi connectivity index (χ1n) is 6.78. The third-order valence-corrected chi connectivity index (χ3v) is 5.48. The Morgan fingerprint density at radius 1 is 0.944 bits per heavy atom. The van der Waals surface area contributed by atoms with Crippen molar-refractivity contribution in [3.05, 3.63) is 0 Å². The predicted molar refractivity (Wildman–Crippen MR) is 75.1 cm³/mol. The van der Waals surface area contributed by atoms with E-state index in [9.17, 15) is 0 Å². The molecule has 0 bridgehead atoms. The van der Waals surface area contributed by atoms with Crippen molar-refractivity contribution in [3.63, 3.8) is 0 Å². The van der Waals surface area contributed by atoms with Gasteiger partial charge in [-0.1, -0.05) is 0 Å². The SMILES string of the molecule is CCO[Si](CCCNCNCN)(OCC)OCC. The third-order valence-electron chi connectivity index (χ3n) is 2.32. The Kier molecular flexibility index (Phi) is 12.0. The molecule has 110 valence electrons. The molecule has 0 aromatic rings. The molecule has 0 spiro atoms. The Bertz CT molecular complexity index is 170. The fourth-order valence-electron chi connectivity index (χ4n) is 1.68. The van der Waals surface area contributed by atoms with Gasteiger partial charge in [0, 0.05) is 39.2 Å². The maximum atomic E-state index is 5.77. The molecule has 0 radical (unpaired) electrons. The second kappa shape index (κ2) is 12.0. The topological polar surface area (TPSA) is 77.8 Å². The van der Waals surface area contributed by atoms with Crippen LogP contribution in [0.3, 0.4) is 0 Å². The average Bonchev–Trinajstić information content (AvgIpc) is 2.35. The van der Waals surface area contributed by atoms with Crippen LogP contribution in [0, 0.1) is 0 Å². The molecule has 7 heteroatoms. The number of nitrogens with one attached hydrogen (secondary N) is 2. The maximum Gasteiger partial charge on any atom is 0.500 e. The summed E-state index contributed by atoms with van der Waals surface area (Å²) in [6.07, 6.45) is 0.971. The summed E-state index contributed by atoms with van der Waals surface area (Å²) in [5.41, 5.74) is 5.33. The second-order valence-electron chi connectivity index (χ2n) is 3.72. The van der Waals surface area contributed by atoms with Gasteiger partial charge in [0.2, 0.25) is 0 Å². The Labute approximate surface area is 112 Å². The molecule has 0 aliphatic heterocycles. The molecule has 18 heavy (non-hydrogen) atoms. The van der Waals surface area contributed by atoms with E-state index in [1.54, 1.807) is 0 Å². The number of rotatable bonds is 13. The van der Waals surface area contributed by atoms with E-state index in [1.807, 2.05) is 20.8 Å². The first-order valence-corrected chi connectivity index (χ1v) is 8.71. The minimum Gasteiger partial charge on any atom is -0.374 e. The first-order chi connectivity index (χ1) is 8.74. The number of nitrogens with two attached hydrogens (primary N) is 1. The minimum absolute atomic E-state index is 0.489. The van der Waals surface area contributed by atoms with Gasteiger partial charge < -0.3 is 24.3 Å². The summed E-state index contributed by atoms with van der Waals surface area (Å²) in [6.45, 7) is 9.94. The van der Waals surface area contributed by atoms with Crippen molar-refractivity contribution in [1.82, 2.24) is 10.6 Å². The quantitative estimate of drug-likeness (QED) is 0.259. The first kappa shape index (κ1) is 18.0. The summed E-state index contributed by atoms with van der Waals surface area (Å²) in [7, 11) is -2.45. The average molecular weight is 279 g/mol. The molecule has 0 saturated heterocycles. The van der Waals surface area contributed by atoms with E-state index in [-0.39, 0.29) is 0 Å². The molecular weight excluding hydrogens is 250 g/mol. The highest BCUT2D eigenvalue weighted by molar-refractivity contribution is 6.60. The standard InChI is InChI=1S/C11H29N3O3Si/c1-4-15-18(16-5-2,17-6-3)9-7-8-13-11-14-10-12/h13-14H,4-12H2,1-3H3. The molecule has 0 atom stereocenters. The van der Waals surface area contributed by atoms with E-state index in [0.29, 0.717) is 26.5 Å². The van der Waals surface area contributed by atoms with Gasteiger partial charge in [-0.3, -0.25) is 5.32 Å². The molecule has 0 unspecified atom stereocenters. The van der Waals surface area contributed by atoms with Crippen LogP contribution in [0.2, 0.25) is 6.04 Å². The molecule has 0 aromatic heterocycles. The lowest BCUT2D eigenvalue weighted by Gasteiger charge is -2.28. The smallest absolute Gasteiger partial charge is 0.374 e. The largest absolute Gasteiger partial charge is 0.500 e. The summed E-state index contributed by atoms with van der Waals surface area (Å²) in [4.78, 5) is 0. The molecule has 0 heterocycles. The van der Waals surface area contributed by atoms with Crippen LogP contribution in [0.5, 0.6) is 0 Å². The van der Waals surface area contributed by atoms with Crippen LogP contribution in [-0.4, -0.2) is 48.5 Å². The monoisotopic (exact) mass is 279 g/mol. The lowest BCUT2D eigenvalue weighted by molar-refractivity contribution is 0.0708. The van der Waals surface area contributed by atoms with Crippen molar-refractivity contribution in [2.45, 2.75) is 33.2 Å².